The van der Waals surface area contributed by atoms with Gasteiger partial charge in [0.15, 0.2) is 0 Å². The summed E-state index contributed by atoms with van der Waals surface area (Å²) in [5.74, 6) is -0.293. The van der Waals surface area contributed by atoms with Crippen LogP contribution in [0.4, 0.5) is 4.79 Å². The summed E-state index contributed by atoms with van der Waals surface area (Å²) in [5, 5.41) is 14.1. The zero-order valence-corrected chi connectivity index (χ0v) is 12.4. The van der Waals surface area contributed by atoms with Gasteiger partial charge in [-0.25, -0.2) is 9.59 Å². The number of nitrogens with one attached hydrogen (secondary N) is 2. The van der Waals surface area contributed by atoms with E-state index in [1.165, 1.54) is 0 Å². The van der Waals surface area contributed by atoms with Crippen molar-refractivity contribution in [1.29, 1.82) is 0 Å². The fraction of sp³-hybridized carbons (Fsp3) is 0.833. The van der Waals surface area contributed by atoms with Crippen molar-refractivity contribution in [3.05, 3.63) is 0 Å². The third-order valence-electron chi connectivity index (χ3n) is 2.52. The monoisotopic (exact) mass is 292 g/mol. The Bertz CT molecular complexity index is 264. The van der Waals surface area contributed by atoms with E-state index in [0.29, 0.717) is 18.7 Å². The minimum Gasteiger partial charge on any atom is -0.480 e. The van der Waals surface area contributed by atoms with Gasteiger partial charge < -0.3 is 20.5 Å². The van der Waals surface area contributed by atoms with Gasteiger partial charge in [-0.1, -0.05) is 0 Å². The first kappa shape index (κ1) is 18.0. The van der Waals surface area contributed by atoms with Crippen LogP contribution < -0.4 is 10.6 Å². The highest BCUT2D eigenvalue weighted by Gasteiger charge is 2.18. The predicted octanol–water partition coefficient (Wildman–Crippen LogP) is 1.31. The van der Waals surface area contributed by atoms with Crippen LogP contribution in [0.5, 0.6) is 0 Å². The molecule has 0 radical (unpaired) electrons. The Kier molecular flexibility index (Phi) is 11.5. The highest BCUT2D eigenvalue weighted by Crippen LogP contribution is 2.01. The Hall–Kier alpha value is -0.950. The third kappa shape index (κ3) is 10.6. The smallest absolute Gasteiger partial charge is 0.326 e. The van der Waals surface area contributed by atoms with E-state index >= 15 is 0 Å². The summed E-state index contributed by atoms with van der Waals surface area (Å²) in [6.07, 6.45) is 5.13. The predicted molar refractivity (Wildman–Crippen MR) is 76.7 cm³/mol. The van der Waals surface area contributed by atoms with Gasteiger partial charge in [-0.05, 0) is 37.7 Å². The van der Waals surface area contributed by atoms with Crippen molar-refractivity contribution in [3.8, 4) is 0 Å². The molecule has 0 saturated carbocycles. The largest absolute Gasteiger partial charge is 0.480 e. The molecule has 0 aromatic heterocycles. The number of ether oxygens (including phenoxy) is 1. The van der Waals surface area contributed by atoms with E-state index in [0.717, 1.165) is 25.9 Å². The van der Waals surface area contributed by atoms with Crippen molar-refractivity contribution < 1.29 is 19.4 Å². The van der Waals surface area contributed by atoms with Gasteiger partial charge in [0.05, 0.1) is 0 Å². The number of methoxy groups -OCH3 is 1. The van der Waals surface area contributed by atoms with E-state index < -0.39 is 18.0 Å². The number of amides is 2. The van der Waals surface area contributed by atoms with E-state index in [-0.39, 0.29) is 0 Å². The van der Waals surface area contributed by atoms with Gasteiger partial charge in [0.25, 0.3) is 0 Å². The summed E-state index contributed by atoms with van der Waals surface area (Å²) in [5.41, 5.74) is 0. The summed E-state index contributed by atoms with van der Waals surface area (Å²) in [6, 6.07) is -1.24. The highest BCUT2D eigenvalue weighted by atomic mass is 32.2. The number of rotatable bonds is 11. The molecular formula is C12H24N2O4S. The SMILES string of the molecule is COCCCCCNC(=O)N[C@@H](CCSC)C(=O)O. The Balaban J connectivity index is 3.71. The molecule has 2 amide bonds. The van der Waals surface area contributed by atoms with Crippen molar-refractivity contribution in [1.82, 2.24) is 10.6 Å². The second kappa shape index (κ2) is 12.1. The van der Waals surface area contributed by atoms with Crippen LogP contribution >= 0.6 is 11.8 Å². The van der Waals surface area contributed by atoms with Crippen LogP contribution in [-0.2, 0) is 9.53 Å². The summed E-state index contributed by atoms with van der Waals surface area (Å²) < 4.78 is 4.92. The number of hydrogen-bond acceptors (Lipinski definition) is 4. The van der Waals surface area contributed by atoms with Crippen LogP contribution in [0.3, 0.4) is 0 Å². The number of aliphatic carboxylic acids is 1. The van der Waals surface area contributed by atoms with Crippen molar-refractivity contribution >= 4 is 23.8 Å². The standard InChI is InChI=1S/C12H24N2O4S/c1-18-8-5-3-4-7-13-12(17)14-10(11(15)16)6-9-19-2/h10H,3-9H2,1-2H3,(H,15,16)(H2,13,14,17)/t10-/m0/s1. The molecule has 0 aliphatic carbocycles. The van der Waals surface area contributed by atoms with Crippen LogP contribution in [0.2, 0.25) is 0 Å². The van der Waals surface area contributed by atoms with Crippen LogP contribution in [0.25, 0.3) is 0 Å². The fourth-order valence-electron chi connectivity index (χ4n) is 1.45. The van der Waals surface area contributed by atoms with Crippen molar-refractivity contribution in [2.75, 3.05) is 32.3 Å². The maximum atomic E-state index is 11.5. The summed E-state index contributed by atoms with van der Waals surface area (Å²) in [4.78, 5) is 22.4. The number of carbonyl (C=O) groups is 2. The van der Waals surface area contributed by atoms with Crippen LogP contribution in [0.15, 0.2) is 0 Å². The van der Waals surface area contributed by atoms with Crippen LogP contribution in [0, 0.1) is 0 Å². The number of urea groups is 1. The summed E-state index contributed by atoms with van der Waals surface area (Å²) in [7, 11) is 1.66. The maximum absolute atomic E-state index is 11.5. The van der Waals surface area contributed by atoms with E-state index in [1.807, 2.05) is 6.26 Å². The Morgan fingerprint density at radius 1 is 1.32 bits per heavy atom. The Morgan fingerprint density at radius 2 is 2.05 bits per heavy atom. The zero-order valence-electron chi connectivity index (χ0n) is 11.6. The fourth-order valence-corrected chi connectivity index (χ4v) is 1.92. The molecule has 0 heterocycles. The van der Waals surface area contributed by atoms with E-state index in [4.69, 9.17) is 9.84 Å². The Labute approximate surface area is 118 Å². The molecule has 0 spiro atoms. The van der Waals surface area contributed by atoms with E-state index in [1.54, 1.807) is 18.9 Å². The van der Waals surface area contributed by atoms with Crippen LogP contribution in [0.1, 0.15) is 25.7 Å². The maximum Gasteiger partial charge on any atom is 0.326 e. The lowest BCUT2D eigenvalue weighted by molar-refractivity contribution is -0.139. The van der Waals surface area contributed by atoms with Crippen molar-refractivity contribution in [2.45, 2.75) is 31.7 Å². The molecule has 6 nitrogen and oxygen atoms in total. The van der Waals surface area contributed by atoms with Crippen molar-refractivity contribution in [2.24, 2.45) is 0 Å². The molecule has 0 aromatic carbocycles. The minimum atomic E-state index is -0.996. The zero-order chi connectivity index (χ0) is 14.5. The normalized spacial score (nSPS) is 11.9. The summed E-state index contributed by atoms with van der Waals surface area (Å²) in [6.45, 7) is 1.27. The van der Waals surface area contributed by atoms with Gasteiger partial charge >= 0.3 is 12.0 Å². The second-order valence-corrected chi connectivity index (χ2v) is 5.11. The number of unbranched alkanes of at least 4 members (excludes halogenated alkanes) is 2. The number of carboxylic acids is 1. The van der Waals surface area contributed by atoms with Gasteiger partial charge in [-0.3, -0.25) is 0 Å². The Morgan fingerprint density at radius 3 is 2.63 bits per heavy atom. The molecule has 0 bridgehead atoms. The topological polar surface area (TPSA) is 87.7 Å². The van der Waals surface area contributed by atoms with Gasteiger partial charge in [0.1, 0.15) is 6.04 Å². The average molecular weight is 292 g/mol. The van der Waals surface area contributed by atoms with Gasteiger partial charge in [-0.2, -0.15) is 11.8 Å². The number of thioether (sulfide) groups is 1. The minimum absolute atomic E-state index is 0.416. The first-order valence-electron chi connectivity index (χ1n) is 6.36. The first-order chi connectivity index (χ1) is 9.11. The molecule has 7 heteroatoms. The molecular weight excluding hydrogens is 268 g/mol. The molecule has 0 aliphatic heterocycles. The van der Waals surface area contributed by atoms with Gasteiger partial charge in [-0.15, -0.1) is 0 Å². The molecule has 0 unspecified atom stereocenters. The van der Waals surface area contributed by atoms with E-state index in [9.17, 15) is 9.59 Å². The molecule has 19 heavy (non-hydrogen) atoms. The van der Waals surface area contributed by atoms with Gasteiger partial charge in [0, 0.05) is 20.3 Å². The van der Waals surface area contributed by atoms with E-state index in [2.05, 4.69) is 10.6 Å². The second-order valence-electron chi connectivity index (χ2n) is 4.13. The first-order valence-corrected chi connectivity index (χ1v) is 7.76. The lowest BCUT2D eigenvalue weighted by Gasteiger charge is -2.14. The highest BCUT2D eigenvalue weighted by molar-refractivity contribution is 7.98. The number of carboxylic acid groups (broad SMARTS) is 1. The molecule has 0 aromatic rings. The molecule has 0 rings (SSSR count). The summed E-state index contributed by atoms with van der Waals surface area (Å²) >= 11 is 1.56. The molecule has 0 saturated heterocycles. The third-order valence-corrected chi connectivity index (χ3v) is 3.17. The van der Waals surface area contributed by atoms with Gasteiger partial charge in [0.2, 0.25) is 0 Å². The lowest BCUT2D eigenvalue weighted by atomic mass is 10.2. The average Bonchev–Trinajstić information content (AvgIpc) is 2.38. The van der Waals surface area contributed by atoms with Crippen LogP contribution in [-0.4, -0.2) is 55.4 Å². The molecule has 1 atom stereocenters. The molecule has 0 fully saturated rings. The quantitative estimate of drug-likeness (QED) is 0.500. The lowest BCUT2D eigenvalue weighted by Crippen LogP contribution is -2.46. The molecule has 0 aliphatic rings. The number of carbonyl (C=O) groups excluding carboxylic acids is 1. The van der Waals surface area contributed by atoms with Crippen molar-refractivity contribution in [3.63, 3.8) is 0 Å². The molecule has 112 valence electrons. The number of hydrogen-bond donors (Lipinski definition) is 3. The molecule has 3 N–H and O–H groups in total.